The van der Waals surface area contributed by atoms with Crippen molar-refractivity contribution in [1.29, 1.82) is 0 Å². The van der Waals surface area contributed by atoms with Gasteiger partial charge in [0.1, 0.15) is 0 Å². The molecule has 0 radical (unpaired) electrons. The molecule has 10 nitrogen and oxygen atoms in total. The standard InChI is InChI=1S/C23H21N5O5S/c1-32-19-13-8-16(14-20(19)33-2)25-23(29)21-26-22(15-6-4-3-5-7-15)28(27-21)17-9-11-18(12-10-17)34(24,30)31/h3-14H,1-2H3,(H,25,29)(H2,24,30,31). The molecule has 0 fully saturated rings. The first-order valence-corrected chi connectivity index (χ1v) is 11.5. The number of nitrogens with zero attached hydrogens (tertiary/aromatic N) is 3. The van der Waals surface area contributed by atoms with Crippen molar-refractivity contribution in [3.8, 4) is 28.6 Å². The summed E-state index contributed by atoms with van der Waals surface area (Å²) >= 11 is 0. The van der Waals surface area contributed by atoms with Crippen molar-refractivity contribution in [3.05, 3.63) is 78.6 Å². The quantitative estimate of drug-likeness (QED) is 0.416. The van der Waals surface area contributed by atoms with Crippen molar-refractivity contribution >= 4 is 21.6 Å². The number of benzene rings is 3. The Morgan fingerprint density at radius 2 is 1.62 bits per heavy atom. The Bertz CT molecular complexity index is 1430. The molecule has 1 aromatic heterocycles. The zero-order valence-electron chi connectivity index (χ0n) is 18.3. The number of primary sulfonamides is 1. The summed E-state index contributed by atoms with van der Waals surface area (Å²) in [6, 6.07) is 20.0. The molecule has 0 bridgehead atoms. The second kappa shape index (κ2) is 9.33. The third-order valence-corrected chi connectivity index (χ3v) is 5.82. The normalized spacial score (nSPS) is 11.1. The number of hydrogen-bond acceptors (Lipinski definition) is 7. The Hall–Kier alpha value is -4.22. The summed E-state index contributed by atoms with van der Waals surface area (Å²) < 4.78 is 35.1. The molecule has 0 aliphatic carbocycles. The summed E-state index contributed by atoms with van der Waals surface area (Å²) in [6.45, 7) is 0. The highest BCUT2D eigenvalue weighted by Gasteiger charge is 2.20. The lowest BCUT2D eigenvalue weighted by Crippen LogP contribution is -2.14. The average Bonchev–Trinajstić information content (AvgIpc) is 3.30. The van der Waals surface area contributed by atoms with Crippen molar-refractivity contribution in [1.82, 2.24) is 14.8 Å². The number of carbonyl (C=O) groups excluding carboxylic acids is 1. The topological polar surface area (TPSA) is 138 Å². The Balaban J connectivity index is 1.72. The number of nitrogens with one attached hydrogen (secondary N) is 1. The van der Waals surface area contributed by atoms with Gasteiger partial charge in [-0.2, -0.15) is 0 Å². The lowest BCUT2D eigenvalue weighted by molar-refractivity contribution is 0.101. The molecule has 0 saturated heterocycles. The van der Waals surface area contributed by atoms with Gasteiger partial charge in [-0.05, 0) is 36.4 Å². The lowest BCUT2D eigenvalue weighted by atomic mass is 10.2. The first kappa shape index (κ1) is 23.0. The van der Waals surface area contributed by atoms with Crippen LogP contribution in [0.15, 0.2) is 77.7 Å². The van der Waals surface area contributed by atoms with Gasteiger partial charge in [0.25, 0.3) is 5.91 Å². The molecular formula is C23H21N5O5S. The molecule has 174 valence electrons. The van der Waals surface area contributed by atoms with E-state index in [-0.39, 0.29) is 10.7 Å². The van der Waals surface area contributed by atoms with Crippen LogP contribution in [0.25, 0.3) is 17.1 Å². The van der Waals surface area contributed by atoms with Crippen LogP contribution in [0.1, 0.15) is 10.6 Å². The van der Waals surface area contributed by atoms with Crippen LogP contribution in [0.3, 0.4) is 0 Å². The largest absolute Gasteiger partial charge is 0.493 e. The second-order valence-electron chi connectivity index (χ2n) is 7.10. The second-order valence-corrected chi connectivity index (χ2v) is 8.66. The summed E-state index contributed by atoms with van der Waals surface area (Å²) in [6.07, 6.45) is 0. The number of ether oxygens (including phenoxy) is 2. The molecule has 4 rings (SSSR count). The molecule has 11 heteroatoms. The number of nitrogens with two attached hydrogens (primary N) is 1. The number of rotatable bonds is 7. The van der Waals surface area contributed by atoms with E-state index in [0.29, 0.717) is 28.7 Å². The Labute approximate surface area is 196 Å². The van der Waals surface area contributed by atoms with Crippen LogP contribution >= 0.6 is 0 Å². The van der Waals surface area contributed by atoms with Gasteiger partial charge in [-0.15, -0.1) is 5.10 Å². The highest BCUT2D eigenvalue weighted by atomic mass is 32.2. The minimum Gasteiger partial charge on any atom is -0.493 e. The van der Waals surface area contributed by atoms with E-state index in [2.05, 4.69) is 15.4 Å². The molecule has 0 spiro atoms. The molecule has 0 aliphatic rings. The van der Waals surface area contributed by atoms with Crippen molar-refractivity contribution < 1.29 is 22.7 Å². The zero-order chi connectivity index (χ0) is 24.3. The summed E-state index contributed by atoms with van der Waals surface area (Å²) in [5.41, 5.74) is 1.69. The summed E-state index contributed by atoms with van der Waals surface area (Å²) in [7, 11) is -0.825. The van der Waals surface area contributed by atoms with E-state index in [1.807, 2.05) is 30.3 Å². The monoisotopic (exact) mass is 479 g/mol. The molecule has 1 heterocycles. The molecule has 4 aromatic rings. The summed E-state index contributed by atoms with van der Waals surface area (Å²) in [5, 5.41) is 12.3. The van der Waals surface area contributed by atoms with Gasteiger partial charge in [0.2, 0.25) is 15.8 Å². The Morgan fingerprint density at radius 3 is 2.24 bits per heavy atom. The van der Waals surface area contributed by atoms with E-state index in [9.17, 15) is 13.2 Å². The molecule has 1 amide bonds. The molecule has 3 aromatic carbocycles. The van der Waals surface area contributed by atoms with Crippen LogP contribution in [-0.2, 0) is 10.0 Å². The van der Waals surface area contributed by atoms with Crippen LogP contribution in [0.4, 0.5) is 5.69 Å². The fourth-order valence-corrected chi connectivity index (χ4v) is 3.76. The SMILES string of the molecule is COc1ccc(NC(=O)c2nc(-c3ccccc3)n(-c3ccc(S(N)(=O)=O)cc3)n2)cc1OC. The van der Waals surface area contributed by atoms with Gasteiger partial charge < -0.3 is 14.8 Å². The van der Waals surface area contributed by atoms with E-state index >= 15 is 0 Å². The maximum Gasteiger partial charge on any atom is 0.295 e. The summed E-state index contributed by atoms with van der Waals surface area (Å²) in [5.74, 6) is 0.769. The molecular weight excluding hydrogens is 458 g/mol. The molecule has 0 aliphatic heterocycles. The number of carbonyl (C=O) groups is 1. The van der Waals surface area contributed by atoms with Crippen molar-refractivity contribution in [3.63, 3.8) is 0 Å². The van der Waals surface area contributed by atoms with E-state index in [4.69, 9.17) is 14.6 Å². The van der Waals surface area contributed by atoms with Gasteiger partial charge in [-0.1, -0.05) is 30.3 Å². The molecule has 0 atom stereocenters. The fraction of sp³-hybridized carbons (Fsp3) is 0.0870. The van der Waals surface area contributed by atoms with Crippen LogP contribution in [0, 0.1) is 0 Å². The number of hydrogen-bond donors (Lipinski definition) is 2. The number of anilines is 1. The number of sulfonamides is 1. The van der Waals surface area contributed by atoms with Crippen molar-refractivity contribution in [2.45, 2.75) is 4.90 Å². The molecule has 34 heavy (non-hydrogen) atoms. The van der Waals surface area contributed by atoms with Gasteiger partial charge in [-0.3, -0.25) is 4.79 Å². The lowest BCUT2D eigenvalue weighted by Gasteiger charge is -2.09. The maximum atomic E-state index is 13.0. The third kappa shape index (κ3) is 4.75. The Morgan fingerprint density at radius 1 is 0.941 bits per heavy atom. The predicted molar refractivity (Wildman–Crippen MR) is 126 cm³/mol. The van der Waals surface area contributed by atoms with E-state index in [1.165, 1.54) is 43.2 Å². The third-order valence-electron chi connectivity index (χ3n) is 4.89. The highest BCUT2D eigenvalue weighted by Crippen LogP contribution is 2.30. The van der Waals surface area contributed by atoms with Crippen LogP contribution in [0.2, 0.25) is 0 Å². The smallest absolute Gasteiger partial charge is 0.295 e. The van der Waals surface area contributed by atoms with Crippen LogP contribution in [0.5, 0.6) is 11.5 Å². The minimum atomic E-state index is -3.85. The average molecular weight is 480 g/mol. The number of aromatic nitrogens is 3. The van der Waals surface area contributed by atoms with Gasteiger partial charge in [0, 0.05) is 17.3 Å². The van der Waals surface area contributed by atoms with Crippen molar-refractivity contribution in [2.75, 3.05) is 19.5 Å². The first-order chi connectivity index (χ1) is 16.3. The van der Waals surface area contributed by atoms with Gasteiger partial charge in [-0.25, -0.2) is 23.2 Å². The molecule has 0 unspecified atom stereocenters. The summed E-state index contributed by atoms with van der Waals surface area (Å²) in [4.78, 5) is 17.4. The highest BCUT2D eigenvalue weighted by molar-refractivity contribution is 7.89. The maximum absolute atomic E-state index is 13.0. The van der Waals surface area contributed by atoms with E-state index < -0.39 is 15.9 Å². The molecule has 0 saturated carbocycles. The van der Waals surface area contributed by atoms with E-state index in [1.54, 1.807) is 18.2 Å². The van der Waals surface area contributed by atoms with Crippen LogP contribution in [-0.4, -0.2) is 43.3 Å². The number of amides is 1. The van der Waals surface area contributed by atoms with E-state index in [0.717, 1.165) is 5.56 Å². The minimum absolute atomic E-state index is 0.0379. The number of methoxy groups -OCH3 is 2. The first-order valence-electron chi connectivity index (χ1n) is 9.99. The Kier molecular flexibility index (Phi) is 6.30. The zero-order valence-corrected chi connectivity index (χ0v) is 19.1. The van der Waals surface area contributed by atoms with Gasteiger partial charge in [0.15, 0.2) is 17.3 Å². The van der Waals surface area contributed by atoms with Gasteiger partial charge >= 0.3 is 0 Å². The molecule has 3 N–H and O–H groups in total. The fourth-order valence-electron chi connectivity index (χ4n) is 3.24. The van der Waals surface area contributed by atoms with Crippen molar-refractivity contribution in [2.24, 2.45) is 5.14 Å². The van der Waals surface area contributed by atoms with Crippen LogP contribution < -0.4 is 19.9 Å². The van der Waals surface area contributed by atoms with Gasteiger partial charge in [0.05, 0.1) is 24.8 Å². The predicted octanol–water partition coefficient (Wildman–Crippen LogP) is 2.85.